The van der Waals surface area contributed by atoms with Crippen molar-refractivity contribution in [2.24, 2.45) is 17.8 Å². The number of para-hydroxylation sites is 2. The minimum absolute atomic E-state index is 0.0151. The van der Waals surface area contributed by atoms with Crippen molar-refractivity contribution in [1.82, 2.24) is 20.1 Å². The highest BCUT2D eigenvalue weighted by Gasteiger charge is 2.51. The first-order chi connectivity index (χ1) is 16.5. The van der Waals surface area contributed by atoms with Gasteiger partial charge in [-0.15, -0.1) is 16.8 Å². The number of carbonyl (C=O) groups is 1. The lowest BCUT2D eigenvalue weighted by Gasteiger charge is -2.57. The van der Waals surface area contributed by atoms with Crippen LogP contribution in [0, 0.1) is 17.8 Å². The van der Waals surface area contributed by atoms with Gasteiger partial charge in [0.05, 0.1) is 5.25 Å². The third-order valence-corrected chi connectivity index (χ3v) is 9.01. The number of thioether (sulfide) groups is 1. The topological polar surface area (TPSA) is 78.3 Å². The molecule has 0 spiro atoms. The predicted molar refractivity (Wildman–Crippen MR) is 130 cm³/mol. The Labute approximate surface area is 204 Å². The molecule has 4 fully saturated rings. The van der Waals surface area contributed by atoms with Gasteiger partial charge in [0, 0.05) is 12.1 Å². The van der Waals surface area contributed by atoms with Gasteiger partial charge in [0.25, 0.3) is 0 Å². The molecule has 4 bridgehead atoms. The van der Waals surface area contributed by atoms with Gasteiger partial charge in [0.1, 0.15) is 6.61 Å². The molecule has 2 aromatic rings. The van der Waals surface area contributed by atoms with Crippen LogP contribution in [0.2, 0.25) is 0 Å². The number of nitrogens with one attached hydrogen (secondary N) is 1. The molecule has 1 aromatic carbocycles. The SMILES string of the molecule is C=CCn1c(SC(C)C(=O)NC23CC4CC(CC(C4)C2)C3)nnc1C1COc2ccccc2O1. The van der Waals surface area contributed by atoms with Crippen LogP contribution in [0.1, 0.15) is 57.4 Å². The zero-order valence-corrected chi connectivity index (χ0v) is 20.4. The van der Waals surface area contributed by atoms with E-state index in [1.165, 1.54) is 31.0 Å². The Morgan fingerprint density at radius 1 is 1.21 bits per heavy atom. The molecule has 1 N–H and O–H groups in total. The fourth-order valence-electron chi connectivity index (χ4n) is 6.91. The highest BCUT2D eigenvalue weighted by Crippen LogP contribution is 2.55. The van der Waals surface area contributed by atoms with Gasteiger partial charge in [0.2, 0.25) is 5.91 Å². The summed E-state index contributed by atoms with van der Waals surface area (Å²) in [5.74, 6) is 4.63. The lowest BCUT2D eigenvalue weighted by molar-refractivity contribution is -0.126. The van der Waals surface area contributed by atoms with E-state index in [1.54, 1.807) is 0 Å². The molecule has 180 valence electrons. The van der Waals surface area contributed by atoms with Crippen molar-refractivity contribution in [3.05, 3.63) is 42.7 Å². The zero-order chi connectivity index (χ0) is 23.3. The van der Waals surface area contributed by atoms with E-state index in [-0.39, 0.29) is 22.8 Å². The monoisotopic (exact) mass is 480 g/mol. The number of carbonyl (C=O) groups excluding carboxylic acids is 1. The molecule has 7 nitrogen and oxygen atoms in total. The van der Waals surface area contributed by atoms with E-state index in [2.05, 4.69) is 22.1 Å². The van der Waals surface area contributed by atoms with Crippen LogP contribution in [0.4, 0.5) is 0 Å². The van der Waals surface area contributed by atoms with Crippen LogP contribution in [0.15, 0.2) is 42.1 Å². The fourth-order valence-corrected chi connectivity index (χ4v) is 7.78. The molecule has 1 amide bonds. The average Bonchev–Trinajstić information content (AvgIpc) is 3.20. The van der Waals surface area contributed by atoms with Crippen LogP contribution >= 0.6 is 11.8 Å². The van der Waals surface area contributed by atoms with Crippen molar-refractivity contribution in [2.45, 2.75) is 74.0 Å². The smallest absolute Gasteiger partial charge is 0.233 e. The Bertz CT molecular complexity index is 1060. The molecule has 4 saturated carbocycles. The normalized spacial score (nSPS) is 31.8. The van der Waals surface area contributed by atoms with Crippen LogP contribution in [0.25, 0.3) is 0 Å². The summed E-state index contributed by atoms with van der Waals surface area (Å²) in [7, 11) is 0. The lowest BCUT2D eigenvalue weighted by Crippen LogP contribution is -2.60. The Balaban J connectivity index is 1.16. The zero-order valence-electron chi connectivity index (χ0n) is 19.6. The van der Waals surface area contributed by atoms with Crippen LogP contribution < -0.4 is 14.8 Å². The molecule has 4 aliphatic carbocycles. The van der Waals surface area contributed by atoms with E-state index in [0.717, 1.165) is 42.8 Å². The second-order valence-electron chi connectivity index (χ2n) is 10.6. The number of benzene rings is 1. The number of aromatic nitrogens is 3. The first-order valence-electron chi connectivity index (χ1n) is 12.4. The van der Waals surface area contributed by atoms with Gasteiger partial charge in [-0.1, -0.05) is 30.0 Å². The van der Waals surface area contributed by atoms with Gasteiger partial charge in [-0.25, -0.2) is 0 Å². The number of amides is 1. The largest absolute Gasteiger partial charge is 0.485 e. The van der Waals surface area contributed by atoms with E-state index < -0.39 is 0 Å². The van der Waals surface area contributed by atoms with Crippen LogP contribution in [-0.2, 0) is 11.3 Å². The van der Waals surface area contributed by atoms with E-state index in [1.807, 2.05) is 41.8 Å². The van der Waals surface area contributed by atoms with Crippen molar-refractivity contribution in [3.63, 3.8) is 0 Å². The van der Waals surface area contributed by atoms with Crippen LogP contribution in [0.3, 0.4) is 0 Å². The molecule has 1 aliphatic heterocycles. The van der Waals surface area contributed by atoms with Gasteiger partial charge in [-0.05, 0) is 75.3 Å². The summed E-state index contributed by atoms with van der Waals surface area (Å²) in [4.78, 5) is 13.3. The van der Waals surface area contributed by atoms with Gasteiger partial charge >= 0.3 is 0 Å². The minimum atomic E-state index is -0.368. The molecule has 5 aliphatic rings. The maximum absolute atomic E-state index is 13.3. The molecular weight excluding hydrogens is 448 g/mol. The number of ether oxygens (including phenoxy) is 2. The lowest BCUT2D eigenvalue weighted by atomic mass is 9.53. The molecule has 7 rings (SSSR count). The van der Waals surface area contributed by atoms with Crippen molar-refractivity contribution >= 4 is 17.7 Å². The summed E-state index contributed by atoms with van der Waals surface area (Å²) >= 11 is 1.45. The van der Waals surface area contributed by atoms with Crippen molar-refractivity contribution in [3.8, 4) is 11.5 Å². The second kappa shape index (κ2) is 8.63. The second-order valence-corrected chi connectivity index (χ2v) is 11.9. The van der Waals surface area contributed by atoms with E-state index in [9.17, 15) is 4.79 Å². The number of hydrogen-bond acceptors (Lipinski definition) is 6. The maximum atomic E-state index is 13.3. The summed E-state index contributed by atoms with van der Waals surface area (Å²) in [6.07, 6.45) is 9.00. The van der Waals surface area contributed by atoms with E-state index >= 15 is 0 Å². The number of allylic oxidation sites excluding steroid dienone is 1. The maximum Gasteiger partial charge on any atom is 0.233 e. The van der Waals surface area contributed by atoms with Crippen molar-refractivity contribution in [2.75, 3.05) is 6.61 Å². The number of nitrogens with zero attached hydrogens (tertiary/aromatic N) is 3. The highest BCUT2D eigenvalue weighted by atomic mass is 32.2. The summed E-state index contributed by atoms with van der Waals surface area (Å²) in [6, 6.07) is 7.63. The number of hydrogen-bond donors (Lipinski definition) is 1. The molecular formula is C26H32N4O3S. The van der Waals surface area contributed by atoms with Gasteiger partial charge in [-0.2, -0.15) is 0 Å². The molecule has 8 heteroatoms. The Hall–Kier alpha value is -2.48. The highest BCUT2D eigenvalue weighted by molar-refractivity contribution is 8.00. The Morgan fingerprint density at radius 2 is 1.88 bits per heavy atom. The molecule has 2 atom stereocenters. The van der Waals surface area contributed by atoms with Gasteiger partial charge in [0.15, 0.2) is 28.6 Å². The molecule has 0 saturated heterocycles. The first-order valence-corrected chi connectivity index (χ1v) is 13.3. The standard InChI is InChI=1S/C26H32N4O3S/c1-3-8-30-23(22-15-32-20-6-4-5-7-21(20)33-22)28-29-25(30)34-16(2)24(31)27-26-12-17-9-18(13-26)11-19(10-17)14-26/h3-7,16-19,22H,1,8-15H2,2H3,(H,27,31). The summed E-state index contributed by atoms with van der Waals surface area (Å²) in [6.45, 7) is 6.76. The van der Waals surface area contributed by atoms with Crippen molar-refractivity contribution in [1.29, 1.82) is 0 Å². The molecule has 2 heterocycles. The quantitative estimate of drug-likeness (QED) is 0.463. The first kappa shape index (κ1) is 22.0. The Morgan fingerprint density at radius 3 is 2.56 bits per heavy atom. The van der Waals surface area contributed by atoms with Gasteiger partial charge < -0.3 is 14.8 Å². The number of fused-ring (bicyclic) bond motifs is 1. The minimum Gasteiger partial charge on any atom is -0.485 e. The number of rotatable bonds is 7. The third kappa shape index (κ3) is 4.00. The molecule has 34 heavy (non-hydrogen) atoms. The third-order valence-electron chi connectivity index (χ3n) is 7.93. The fraction of sp³-hybridized carbons (Fsp3) is 0.577. The summed E-state index contributed by atoms with van der Waals surface area (Å²) in [5.41, 5.74) is 0.0151. The van der Waals surface area contributed by atoms with E-state index in [0.29, 0.717) is 29.9 Å². The Kier molecular flexibility index (Phi) is 5.59. The summed E-state index contributed by atoms with van der Waals surface area (Å²) < 4.78 is 14.0. The van der Waals surface area contributed by atoms with Crippen LogP contribution in [-0.4, -0.2) is 38.1 Å². The van der Waals surface area contributed by atoms with Crippen molar-refractivity contribution < 1.29 is 14.3 Å². The van der Waals surface area contributed by atoms with Gasteiger partial charge in [-0.3, -0.25) is 9.36 Å². The molecule has 2 unspecified atom stereocenters. The average molecular weight is 481 g/mol. The molecule has 1 aromatic heterocycles. The summed E-state index contributed by atoms with van der Waals surface area (Å²) in [5, 5.41) is 12.8. The molecule has 0 radical (unpaired) electrons. The van der Waals surface area contributed by atoms with Crippen LogP contribution in [0.5, 0.6) is 11.5 Å². The van der Waals surface area contributed by atoms with E-state index in [4.69, 9.17) is 9.47 Å². The predicted octanol–water partition coefficient (Wildman–Crippen LogP) is 4.54.